The van der Waals surface area contributed by atoms with Gasteiger partial charge in [-0.15, -0.1) is 0 Å². The second kappa shape index (κ2) is 5.54. The molecule has 0 aliphatic heterocycles. The third-order valence-electron chi connectivity index (χ3n) is 1.29. The number of ether oxygens (including phenoxy) is 2. The molecule has 0 spiro atoms. The zero-order valence-electron chi connectivity index (χ0n) is 8.35. The molecule has 0 aromatic heterocycles. The third-order valence-corrected chi connectivity index (χ3v) is 1.75. The first-order valence-corrected chi connectivity index (χ1v) is 4.63. The molecule has 20 heavy (non-hydrogen) atoms. The Kier molecular flexibility index (Phi) is 5.32. The maximum atomic E-state index is 12.5. The van der Waals surface area contributed by atoms with Crippen LogP contribution >= 0.6 is 15.9 Å². The number of halogens is 12. The van der Waals surface area contributed by atoms with Crippen molar-refractivity contribution in [1.29, 1.82) is 0 Å². The highest BCUT2D eigenvalue weighted by atomic mass is 79.9. The van der Waals surface area contributed by atoms with Crippen LogP contribution in [0.15, 0.2) is 12.1 Å². The summed E-state index contributed by atoms with van der Waals surface area (Å²) in [6.45, 7) is 0. The average molecular weight is 393 g/mol. The maximum absolute atomic E-state index is 12.5. The summed E-state index contributed by atoms with van der Waals surface area (Å²) < 4.78 is 137. The van der Waals surface area contributed by atoms with Gasteiger partial charge in [-0.25, -0.2) is 4.74 Å². The first-order valence-electron chi connectivity index (χ1n) is 3.83. The Bertz CT molecular complexity index is 383. The van der Waals surface area contributed by atoms with Gasteiger partial charge in [0.05, 0.1) is 0 Å². The number of alkyl halides is 9. The van der Waals surface area contributed by atoms with Crippen LogP contribution in [0, 0.1) is 0 Å². The van der Waals surface area contributed by atoms with Crippen LogP contribution in [0.5, 0.6) is 0 Å². The monoisotopic (exact) mass is 392 g/mol. The van der Waals surface area contributed by atoms with Crippen LogP contribution in [0.2, 0.25) is 0 Å². The molecule has 120 valence electrons. The molecule has 0 aliphatic rings. The first-order chi connectivity index (χ1) is 8.53. The van der Waals surface area contributed by atoms with Crippen molar-refractivity contribution < 1.29 is 57.8 Å². The van der Waals surface area contributed by atoms with Crippen LogP contribution in [0.4, 0.5) is 48.3 Å². The molecule has 0 bridgehead atoms. The Hall–Kier alpha value is -0.790. The van der Waals surface area contributed by atoms with Crippen molar-refractivity contribution in [2.75, 3.05) is 0 Å². The average Bonchev–Trinajstić information content (AvgIpc) is 2.12. The van der Waals surface area contributed by atoms with Gasteiger partial charge in [-0.3, -0.25) is 0 Å². The normalized spacial score (nSPS) is 14.2. The van der Waals surface area contributed by atoms with Gasteiger partial charge in [0.2, 0.25) is 0 Å². The Morgan fingerprint density at radius 2 is 1.10 bits per heavy atom. The van der Waals surface area contributed by atoms with Crippen LogP contribution in [0.25, 0.3) is 0 Å². The van der Waals surface area contributed by atoms with Crippen molar-refractivity contribution in [1.82, 2.24) is 0 Å². The zero-order valence-corrected chi connectivity index (χ0v) is 9.94. The molecule has 0 unspecified atom stereocenters. The van der Waals surface area contributed by atoms with Gasteiger partial charge in [-0.05, 0) is 0 Å². The van der Waals surface area contributed by atoms with Crippen LogP contribution in [0.1, 0.15) is 0 Å². The van der Waals surface area contributed by atoms with Crippen molar-refractivity contribution in [3.63, 3.8) is 0 Å². The van der Waals surface area contributed by atoms with E-state index in [-0.39, 0.29) is 0 Å². The molecule has 0 aliphatic carbocycles. The minimum absolute atomic E-state index is 0.863. The van der Waals surface area contributed by atoms with Crippen molar-refractivity contribution in [3.05, 3.63) is 12.1 Å². The molecule has 0 fully saturated rings. The predicted octanol–water partition coefficient (Wildman–Crippen LogP) is 4.82. The van der Waals surface area contributed by atoms with E-state index in [9.17, 15) is 48.3 Å². The largest absolute Gasteiger partial charge is 0.496 e. The summed E-state index contributed by atoms with van der Waals surface area (Å²) in [4.78, 5) is -5.51. The fourth-order valence-corrected chi connectivity index (χ4v) is 0.570. The lowest BCUT2D eigenvalue weighted by atomic mass is 10.5. The van der Waals surface area contributed by atoms with Crippen molar-refractivity contribution in [2.24, 2.45) is 0 Å². The van der Waals surface area contributed by atoms with Crippen molar-refractivity contribution >= 4 is 15.9 Å². The van der Waals surface area contributed by atoms with Crippen LogP contribution in [-0.2, 0) is 9.47 Å². The lowest BCUT2D eigenvalue weighted by Gasteiger charge is -2.29. The molecule has 0 saturated carbocycles. The van der Waals surface area contributed by atoms with E-state index in [2.05, 4.69) is 4.74 Å². The summed E-state index contributed by atoms with van der Waals surface area (Å²) in [6.07, 6.45) is -22.8. The molecule has 0 heterocycles. The summed E-state index contributed by atoms with van der Waals surface area (Å²) in [7, 11) is 0. The molecule has 2 nitrogen and oxygen atoms in total. The summed E-state index contributed by atoms with van der Waals surface area (Å²) >= 11 is 0.863. The van der Waals surface area contributed by atoms with Gasteiger partial charge in [0, 0.05) is 15.9 Å². The highest BCUT2D eigenvalue weighted by Gasteiger charge is 2.70. The van der Waals surface area contributed by atoms with E-state index in [1.54, 1.807) is 0 Å². The van der Waals surface area contributed by atoms with Crippen LogP contribution < -0.4 is 0 Å². The summed E-state index contributed by atoms with van der Waals surface area (Å²) in [6, 6.07) is -3.54. The fraction of sp³-hybridized carbons (Fsp3) is 0.667. The second-order valence-corrected chi connectivity index (χ2v) is 3.78. The third kappa shape index (κ3) is 4.36. The van der Waals surface area contributed by atoms with Gasteiger partial charge >= 0.3 is 35.3 Å². The van der Waals surface area contributed by atoms with E-state index >= 15 is 0 Å². The highest BCUT2D eigenvalue weighted by Crippen LogP contribution is 2.48. The molecule has 0 atom stereocenters. The molecular formula is C6BrF11O2. The fourth-order valence-electron chi connectivity index (χ4n) is 0.489. The van der Waals surface area contributed by atoms with Gasteiger partial charge < -0.3 is 4.74 Å². The highest BCUT2D eigenvalue weighted by molar-refractivity contribution is 9.10. The molecule has 0 N–H and O–H groups in total. The Labute approximate surface area is 110 Å². The molecule has 0 aromatic rings. The Morgan fingerprint density at radius 3 is 1.40 bits per heavy atom. The minimum Gasteiger partial charge on any atom is -0.396 e. The summed E-state index contributed by atoms with van der Waals surface area (Å²) in [5, 5.41) is 0. The zero-order chi connectivity index (χ0) is 16.6. The molecular weight excluding hydrogens is 393 g/mol. The standard InChI is InChI=1S/C6BrF11O2/c7-3(11,12)4(13,14)20-6(17,18)5(15,16)19-2(10)1(8)9. The lowest BCUT2D eigenvalue weighted by Crippen LogP contribution is -2.52. The predicted molar refractivity (Wildman–Crippen MR) is 41.2 cm³/mol. The first kappa shape index (κ1) is 19.2. The van der Waals surface area contributed by atoms with Crippen LogP contribution in [-0.4, -0.2) is 23.2 Å². The molecule has 0 radical (unpaired) electrons. The van der Waals surface area contributed by atoms with Crippen molar-refractivity contribution in [3.8, 4) is 0 Å². The van der Waals surface area contributed by atoms with Gasteiger partial charge in [-0.2, -0.15) is 48.3 Å². The van der Waals surface area contributed by atoms with E-state index in [1.165, 1.54) is 0 Å². The summed E-state index contributed by atoms with van der Waals surface area (Å²) in [5.41, 5.74) is 0. The van der Waals surface area contributed by atoms with E-state index in [0.717, 1.165) is 15.9 Å². The molecule has 0 aromatic carbocycles. The van der Waals surface area contributed by atoms with Crippen LogP contribution in [0.3, 0.4) is 0 Å². The topological polar surface area (TPSA) is 18.5 Å². The lowest BCUT2D eigenvalue weighted by molar-refractivity contribution is -0.492. The van der Waals surface area contributed by atoms with E-state index in [4.69, 9.17) is 0 Å². The van der Waals surface area contributed by atoms with E-state index in [0.29, 0.717) is 0 Å². The Balaban J connectivity index is 5.28. The number of hydrogen-bond acceptors (Lipinski definition) is 2. The maximum Gasteiger partial charge on any atom is 0.496 e. The summed E-state index contributed by atoms with van der Waals surface area (Å²) in [5.74, 6) is 0. The molecule has 0 amide bonds. The molecule has 14 heteroatoms. The van der Waals surface area contributed by atoms with Gasteiger partial charge in [0.25, 0.3) is 0 Å². The Morgan fingerprint density at radius 1 is 0.700 bits per heavy atom. The van der Waals surface area contributed by atoms with E-state index in [1.807, 2.05) is 4.74 Å². The molecule has 0 saturated heterocycles. The van der Waals surface area contributed by atoms with Gasteiger partial charge in [0.15, 0.2) is 0 Å². The van der Waals surface area contributed by atoms with Gasteiger partial charge in [0.1, 0.15) is 0 Å². The van der Waals surface area contributed by atoms with Crippen molar-refractivity contribution in [2.45, 2.75) is 23.2 Å². The quantitative estimate of drug-likeness (QED) is 0.366. The van der Waals surface area contributed by atoms with E-state index < -0.39 is 35.3 Å². The molecule has 0 rings (SSSR count). The number of rotatable bonds is 6. The second-order valence-electron chi connectivity index (χ2n) is 2.79. The SMILES string of the molecule is FC(F)=C(F)OC(F)(F)C(F)(F)OC(F)(F)C(F)(F)Br. The number of hydrogen-bond donors (Lipinski definition) is 0. The van der Waals surface area contributed by atoms with Gasteiger partial charge in [-0.1, -0.05) is 0 Å². The minimum atomic E-state index is -6.57. The smallest absolute Gasteiger partial charge is 0.396 e.